The normalized spacial score (nSPS) is 15.5. The van der Waals surface area contributed by atoms with E-state index >= 15 is 8.78 Å². The van der Waals surface area contributed by atoms with Gasteiger partial charge in [-0.25, -0.2) is 23.5 Å². The van der Waals surface area contributed by atoms with E-state index in [9.17, 15) is 14.7 Å². The van der Waals surface area contributed by atoms with Crippen LogP contribution in [0.1, 0.15) is 51.8 Å². The molecule has 5 aromatic rings. The Bertz CT molecular complexity index is 2010. The minimum absolute atomic E-state index is 0.00368. The fourth-order valence-electron chi connectivity index (χ4n) is 5.93. The predicted molar refractivity (Wildman–Crippen MR) is 164 cm³/mol. The van der Waals surface area contributed by atoms with Crippen LogP contribution < -0.4 is 4.74 Å². The van der Waals surface area contributed by atoms with Crippen LogP contribution in [0.25, 0.3) is 22.3 Å². The maximum atomic E-state index is 15.6. The second-order valence-corrected chi connectivity index (χ2v) is 11.7. The zero-order valence-corrected chi connectivity index (χ0v) is 25.0. The van der Waals surface area contributed by atoms with E-state index in [1.807, 2.05) is 22.8 Å². The topological polar surface area (TPSA) is 107 Å². The standard InChI is InChI=1S/C35H30F2N4O5/c1-20(42)40-16-23-6-5-21(11-25(23)17-40)19-46-34-4-2-3-30(39-34)27-15-28(36)24(12-29(27)37)14-33-38-31-8-7-22(35(43)44)13-32(31)41(33)18-26-9-10-45-26/h2-8,11-13,15,26H,9-10,14,16-19H2,1H3,(H,43,44). The summed E-state index contributed by atoms with van der Waals surface area (Å²) >= 11 is 0. The first-order chi connectivity index (χ1) is 22.2. The second kappa shape index (κ2) is 12.0. The monoisotopic (exact) mass is 624 g/mol. The molecule has 1 saturated heterocycles. The summed E-state index contributed by atoms with van der Waals surface area (Å²) in [4.78, 5) is 34.2. The zero-order valence-electron chi connectivity index (χ0n) is 25.0. The summed E-state index contributed by atoms with van der Waals surface area (Å²) in [5.74, 6) is -1.55. The Balaban J connectivity index is 1.11. The Morgan fingerprint density at radius 2 is 1.83 bits per heavy atom. The number of fused-ring (bicyclic) bond motifs is 2. The number of hydrogen-bond acceptors (Lipinski definition) is 6. The largest absolute Gasteiger partial charge is 0.478 e. The molecular weight excluding hydrogens is 594 g/mol. The second-order valence-electron chi connectivity index (χ2n) is 11.7. The molecule has 4 heterocycles. The maximum Gasteiger partial charge on any atom is 0.335 e. The summed E-state index contributed by atoms with van der Waals surface area (Å²) in [6, 6.07) is 17.8. The minimum Gasteiger partial charge on any atom is -0.478 e. The van der Waals surface area contributed by atoms with E-state index in [-0.39, 0.29) is 53.3 Å². The van der Waals surface area contributed by atoms with Gasteiger partial charge >= 0.3 is 5.97 Å². The van der Waals surface area contributed by atoms with Crippen molar-refractivity contribution in [3.8, 4) is 17.1 Å². The van der Waals surface area contributed by atoms with Crippen LogP contribution in [-0.2, 0) is 42.2 Å². The number of amides is 1. The summed E-state index contributed by atoms with van der Waals surface area (Å²) in [6.45, 7) is 4.01. The highest BCUT2D eigenvalue weighted by atomic mass is 19.1. The predicted octanol–water partition coefficient (Wildman–Crippen LogP) is 5.90. The van der Waals surface area contributed by atoms with E-state index in [1.54, 1.807) is 42.2 Å². The van der Waals surface area contributed by atoms with Gasteiger partial charge in [0.05, 0.1) is 34.9 Å². The van der Waals surface area contributed by atoms with Crippen molar-refractivity contribution in [1.82, 2.24) is 19.4 Å². The number of hydrogen-bond donors (Lipinski definition) is 1. The fourth-order valence-corrected chi connectivity index (χ4v) is 5.93. The number of benzene rings is 3. The number of carbonyl (C=O) groups is 2. The smallest absolute Gasteiger partial charge is 0.335 e. The van der Waals surface area contributed by atoms with Crippen LogP contribution in [0.4, 0.5) is 8.78 Å². The van der Waals surface area contributed by atoms with Crippen LogP contribution in [0, 0.1) is 11.6 Å². The third-order valence-electron chi connectivity index (χ3n) is 8.56. The highest BCUT2D eigenvalue weighted by Gasteiger charge is 2.24. The van der Waals surface area contributed by atoms with Crippen LogP contribution >= 0.6 is 0 Å². The number of aromatic nitrogens is 3. The van der Waals surface area contributed by atoms with Crippen molar-refractivity contribution in [2.75, 3.05) is 6.61 Å². The molecule has 1 amide bonds. The summed E-state index contributed by atoms with van der Waals surface area (Å²) in [6.07, 6.45) is 0.779. The Morgan fingerprint density at radius 3 is 2.59 bits per heavy atom. The van der Waals surface area contributed by atoms with Gasteiger partial charge in [0.1, 0.15) is 24.1 Å². The molecule has 3 aromatic carbocycles. The first kappa shape index (κ1) is 29.5. The zero-order chi connectivity index (χ0) is 31.9. The third-order valence-corrected chi connectivity index (χ3v) is 8.56. The van der Waals surface area contributed by atoms with Crippen molar-refractivity contribution >= 4 is 22.9 Å². The summed E-state index contributed by atoms with van der Waals surface area (Å²) in [5.41, 5.74) is 4.70. The lowest BCUT2D eigenvalue weighted by Gasteiger charge is -2.27. The third kappa shape index (κ3) is 5.81. The Hall–Kier alpha value is -5.16. The van der Waals surface area contributed by atoms with Crippen LogP contribution in [0.3, 0.4) is 0 Å². The van der Waals surface area contributed by atoms with Gasteiger partial charge in [-0.2, -0.15) is 0 Å². The average molecular weight is 625 g/mol. The van der Waals surface area contributed by atoms with Gasteiger partial charge in [0.15, 0.2) is 0 Å². The van der Waals surface area contributed by atoms with Crippen molar-refractivity contribution in [2.24, 2.45) is 0 Å². The Kier molecular flexibility index (Phi) is 7.69. The molecule has 2 aromatic heterocycles. The SMILES string of the molecule is CC(=O)N1Cc2ccc(COc3cccc(-c4cc(F)c(Cc5nc6ccc(C(=O)O)cc6n5CC5CCO5)cc4F)n3)cc2C1. The van der Waals surface area contributed by atoms with Crippen LogP contribution in [0.15, 0.2) is 66.7 Å². The van der Waals surface area contributed by atoms with Crippen LogP contribution in [-0.4, -0.2) is 49.1 Å². The van der Waals surface area contributed by atoms with E-state index in [1.165, 1.54) is 6.07 Å². The molecule has 9 nitrogen and oxygen atoms in total. The average Bonchev–Trinajstić information content (AvgIpc) is 3.60. The quantitative estimate of drug-likeness (QED) is 0.218. The number of pyridine rings is 1. The Morgan fingerprint density at radius 1 is 1.00 bits per heavy atom. The van der Waals surface area contributed by atoms with Crippen molar-refractivity contribution in [3.05, 3.63) is 112 Å². The number of carbonyl (C=O) groups excluding carboxylic acids is 1. The molecule has 1 unspecified atom stereocenters. The molecule has 1 atom stereocenters. The Labute approximate surface area is 263 Å². The van der Waals surface area contributed by atoms with Gasteiger partial charge in [-0.1, -0.05) is 24.3 Å². The number of aromatic carboxylic acids is 1. The molecule has 234 valence electrons. The van der Waals surface area contributed by atoms with E-state index in [0.717, 1.165) is 35.2 Å². The summed E-state index contributed by atoms with van der Waals surface area (Å²) < 4.78 is 44.4. The number of carboxylic acid groups (broad SMARTS) is 1. The van der Waals surface area contributed by atoms with Gasteiger partial charge < -0.3 is 24.0 Å². The van der Waals surface area contributed by atoms with E-state index in [4.69, 9.17) is 9.47 Å². The van der Waals surface area contributed by atoms with Crippen LogP contribution in [0.5, 0.6) is 5.88 Å². The van der Waals surface area contributed by atoms with E-state index in [0.29, 0.717) is 43.1 Å². The number of halogens is 2. The molecule has 0 saturated carbocycles. The highest BCUT2D eigenvalue weighted by molar-refractivity contribution is 5.92. The molecule has 2 aliphatic heterocycles. The first-order valence-electron chi connectivity index (χ1n) is 15.0. The van der Waals surface area contributed by atoms with E-state index in [2.05, 4.69) is 9.97 Å². The van der Waals surface area contributed by atoms with Crippen molar-refractivity contribution in [2.45, 2.75) is 52.1 Å². The molecule has 7 rings (SSSR count). The molecule has 0 spiro atoms. The molecule has 1 N–H and O–H groups in total. The molecule has 0 radical (unpaired) electrons. The number of imidazole rings is 1. The fraction of sp³-hybridized carbons (Fsp3) is 0.257. The van der Waals surface area contributed by atoms with Gasteiger partial charge in [0.25, 0.3) is 0 Å². The molecule has 46 heavy (non-hydrogen) atoms. The number of carboxylic acids is 1. The molecule has 0 aliphatic carbocycles. The number of nitrogens with zero attached hydrogens (tertiary/aromatic N) is 4. The molecule has 1 fully saturated rings. The number of rotatable bonds is 9. The van der Waals surface area contributed by atoms with Gasteiger partial charge in [0, 0.05) is 44.7 Å². The van der Waals surface area contributed by atoms with Gasteiger partial charge in [-0.15, -0.1) is 0 Å². The minimum atomic E-state index is -1.06. The molecule has 0 bridgehead atoms. The number of ether oxygens (including phenoxy) is 2. The lowest BCUT2D eigenvalue weighted by molar-refractivity contribution is -0.129. The molecule has 2 aliphatic rings. The summed E-state index contributed by atoms with van der Waals surface area (Å²) in [5, 5.41) is 9.49. The highest BCUT2D eigenvalue weighted by Crippen LogP contribution is 2.30. The van der Waals surface area contributed by atoms with Gasteiger partial charge in [-0.05, 0) is 65.1 Å². The lowest BCUT2D eigenvalue weighted by atomic mass is 10.0. The van der Waals surface area contributed by atoms with Crippen molar-refractivity contribution < 1.29 is 33.0 Å². The van der Waals surface area contributed by atoms with Gasteiger partial charge in [-0.3, -0.25) is 4.79 Å². The lowest BCUT2D eigenvalue weighted by Crippen LogP contribution is -2.31. The van der Waals surface area contributed by atoms with Gasteiger partial charge in [0.2, 0.25) is 11.8 Å². The summed E-state index contributed by atoms with van der Waals surface area (Å²) in [7, 11) is 0. The first-order valence-corrected chi connectivity index (χ1v) is 15.0. The van der Waals surface area contributed by atoms with Crippen LogP contribution in [0.2, 0.25) is 0 Å². The van der Waals surface area contributed by atoms with E-state index < -0.39 is 17.6 Å². The molecule has 11 heteroatoms. The maximum absolute atomic E-state index is 15.6. The van der Waals surface area contributed by atoms with Crippen molar-refractivity contribution in [1.29, 1.82) is 0 Å². The molecular formula is C35H30F2N4O5. The van der Waals surface area contributed by atoms with Crippen molar-refractivity contribution in [3.63, 3.8) is 0 Å².